The standard InChI is InChI=1S/C15H16N2OS/c18-15(17-12-6-8-16-10-12)14-13(7-9-19-14)11-4-2-1-3-5-11/h1-5,7,9,12,16H,6,8,10H2,(H,17,18). The Morgan fingerprint density at radius 1 is 1.26 bits per heavy atom. The van der Waals surface area contributed by atoms with Crippen LogP contribution >= 0.6 is 11.3 Å². The summed E-state index contributed by atoms with van der Waals surface area (Å²) in [5.41, 5.74) is 2.12. The Morgan fingerprint density at radius 2 is 2.11 bits per heavy atom. The average Bonchev–Trinajstić information content (AvgIpc) is 3.10. The van der Waals surface area contributed by atoms with Crippen LogP contribution in [-0.4, -0.2) is 25.0 Å². The number of benzene rings is 1. The van der Waals surface area contributed by atoms with E-state index in [0.29, 0.717) is 0 Å². The topological polar surface area (TPSA) is 41.1 Å². The zero-order valence-corrected chi connectivity index (χ0v) is 11.4. The lowest BCUT2D eigenvalue weighted by Crippen LogP contribution is -2.35. The summed E-state index contributed by atoms with van der Waals surface area (Å²) in [6.45, 7) is 1.86. The summed E-state index contributed by atoms with van der Waals surface area (Å²) in [7, 11) is 0. The van der Waals surface area contributed by atoms with E-state index in [0.717, 1.165) is 35.5 Å². The highest BCUT2D eigenvalue weighted by Gasteiger charge is 2.20. The molecule has 0 spiro atoms. The highest BCUT2D eigenvalue weighted by Crippen LogP contribution is 2.28. The van der Waals surface area contributed by atoms with Gasteiger partial charge in [0.25, 0.3) is 5.91 Å². The van der Waals surface area contributed by atoms with Crippen molar-refractivity contribution in [3.05, 3.63) is 46.7 Å². The first-order valence-corrected chi connectivity index (χ1v) is 7.37. The van der Waals surface area contributed by atoms with Gasteiger partial charge in [0.2, 0.25) is 0 Å². The molecule has 0 saturated carbocycles. The van der Waals surface area contributed by atoms with E-state index < -0.39 is 0 Å². The number of rotatable bonds is 3. The van der Waals surface area contributed by atoms with Crippen molar-refractivity contribution in [1.82, 2.24) is 10.6 Å². The monoisotopic (exact) mass is 272 g/mol. The molecule has 0 radical (unpaired) electrons. The van der Waals surface area contributed by atoms with Crippen LogP contribution in [0.4, 0.5) is 0 Å². The van der Waals surface area contributed by atoms with E-state index in [1.807, 2.05) is 41.8 Å². The molecule has 0 aliphatic carbocycles. The Labute approximate surface area is 116 Å². The Balaban J connectivity index is 1.81. The summed E-state index contributed by atoms with van der Waals surface area (Å²) in [5, 5.41) is 8.33. The minimum atomic E-state index is 0.0440. The van der Waals surface area contributed by atoms with Crippen molar-refractivity contribution in [1.29, 1.82) is 0 Å². The lowest BCUT2D eigenvalue weighted by Gasteiger charge is -2.11. The van der Waals surface area contributed by atoms with Crippen LogP contribution in [0.1, 0.15) is 16.1 Å². The van der Waals surface area contributed by atoms with Gasteiger partial charge in [0, 0.05) is 18.2 Å². The molecule has 4 heteroatoms. The van der Waals surface area contributed by atoms with Gasteiger partial charge in [-0.05, 0) is 30.0 Å². The van der Waals surface area contributed by atoms with Crippen molar-refractivity contribution in [2.24, 2.45) is 0 Å². The van der Waals surface area contributed by atoms with Crippen LogP contribution < -0.4 is 10.6 Å². The highest BCUT2D eigenvalue weighted by atomic mass is 32.1. The molecule has 2 heterocycles. The predicted molar refractivity (Wildman–Crippen MR) is 78.5 cm³/mol. The average molecular weight is 272 g/mol. The minimum absolute atomic E-state index is 0.0440. The van der Waals surface area contributed by atoms with Gasteiger partial charge in [0.15, 0.2) is 0 Å². The first-order chi connectivity index (χ1) is 9.34. The molecular formula is C15H16N2OS. The Hall–Kier alpha value is -1.65. The molecule has 1 aromatic carbocycles. The van der Waals surface area contributed by atoms with E-state index >= 15 is 0 Å². The highest BCUT2D eigenvalue weighted by molar-refractivity contribution is 7.12. The molecule has 0 bridgehead atoms. The van der Waals surface area contributed by atoms with Gasteiger partial charge in [-0.25, -0.2) is 0 Å². The van der Waals surface area contributed by atoms with Gasteiger partial charge >= 0.3 is 0 Å². The van der Waals surface area contributed by atoms with Crippen LogP contribution in [-0.2, 0) is 0 Å². The quantitative estimate of drug-likeness (QED) is 0.901. The van der Waals surface area contributed by atoms with E-state index in [1.165, 1.54) is 11.3 Å². The van der Waals surface area contributed by atoms with Crippen LogP contribution in [0.3, 0.4) is 0 Å². The molecule has 1 aliphatic heterocycles. The van der Waals surface area contributed by atoms with Crippen LogP contribution in [0.25, 0.3) is 11.1 Å². The fourth-order valence-corrected chi connectivity index (χ4v) is 3.18. The second-order valence-corrected chi connectivity index (χ2v) is 5.61. The van der Waals surface area contributed by atoms with Crippen molar-refractivity contribution >= 4 is 17.2 Å². The van der Waals surface area contributed by atoms with Gasteiger partial charge in [-0.15, -0.1) is 11.3 Å². The smallest absolute Gasteiger partial charge is 0.262 e. The third-order valence-corrected chi connectivity index (χ3v) is 4.26. The van der Waals surface area contributed by atoms with Gasteiger partial charge in [-0.3, -0.25) is 4.79 Å². The van der Waals surface area contributed by atoms with E-state index in [1.54, 1.807) is 0 Å². The molecule has 3 nitrogen and oxygen atoms in total. The Bertz CT molecular complexity index is 559. The first kappa shape index (κ1) is 12.4. The fraction of sp³-hybridized carbons (Fsp3) is 0.267. The van der Waals surface area contributed by atoms with Crippen LogP contribution in [0.15, 0.2) is 41.8 Å². The van der Waals surface area contributed by atoms with Gasteiger partial charge in [0.05, 0.1) is 4.88 Å². The molecule has 2 N–H and O–H groups in total. The number of hydrogen-bond acceptors (Lipinski definition) is 3. The number of thiophene rings is 1. The largest absolute Gasteiger partial charge is 0.347 e. The molecule has 1 aliphatic rings. The third kappa shape index (κ3) is 2.69. The van der Waals surface area contributed by atoms with Gasteiger partial charge in [0.1, 0.15) is 0 Å². The molecule has 1 fully saturated rings. The third-order valence-electron chi connectivity index (χ3n) is 3.35. The summed E-state index contributed by atoms with van der Waals surface area (Å²) in [4.78, 5) is 13.1. The number of nitrogens with one attached hydrogen (secondary N) is 2. The lowest BCUT2D eigenvalue weighted by molar-refractivity contribution is 0.0945. The molecule has 1 saturated heterocycles. The van der Waals surface area contributed by atoms with E-state index in [-0.39, 0.29) is 11.9 Å². The lowest BCUT2D eigenvalue weighted by atomic mass is 10.1. The number of carbonyl (C=O) groups excluding carboxylic acids is 1. The van der Waals surface area contributed by atoms with Crippen molar-refractivity contribution < 1.29 is 4.79 Å². The van der Waals surface area contributed by atoms with Crippen molar-refractivity contribution in [2.75, 3.05) is 13.1 Å². The molecule has 19 heavy (non-hydrogen) atoms. The minimum Gasteiger partial charge on any atom is -0.347 e. The normalized spacial score (nSPS) is 18.4. The molecular weight excluding hydrogens is 256 g/mol. The molecule has 98 valence electrons. The molecule has 3 rings (SSSR count). The van der Waals surface area contributed by atoms with Gasteiger partial charge in [-0.2, -0.15) is 0 Å². The molecule has 2 aromatic rings. The zero-order chi connectivity index (χ0) is 13.1. The van der Waals surface area contributed by atoms with Crippen LogP contribution in [0, 0.1) is 0 Å². The van der Waals surface area contributed by atoms with Gasteiger partial charge in [-0.1, -0.05) is 30.3 Å². The predicted octanol–water partition coefficient (Wildman–Crippen LogP) is 2.51. The molecule has 1 atom stereocenters. The van der Waals surface area contributed by atoms with Crippen LogP contribution in [0.2, 0.25) is 0 Å². The first-order valence-electron chi connectivity index (χ1n) is 6.49. The van der Waals surface area contributed by atoms with Crippen LogP contribution in [0.5, 0.6) is 0 Å². The summed E-state index contributed by atoms with van der Waals surface area (Å²) in [6.07, 6.45) is 1.01. The van der Waals surface area contributed by atoms with Gasteiger partial charge < -0.3 is 10.6 Å². The maximum atomic E-state index is 12.3. The second kappa shape index (κ2) is 5.55. The van der Waals surface area contributed by atoms with Crippen molar-refractivity contribution in [2.45, 2.75) is 12.5 Å². The molecule has 1 amide bonds. The SMILES string of the molecule is O=C(NC1CCNC1)c1sccc1-c1ccccc1. The molecule has 1 aromatic heterocycles. The fourth-order valence-electron chi connectivity index (χ4n) is 2.36. The maximum Gasteiger partial charge on any atom is 0.262 e. The zero-order valence-electron chi connectivity index (χ0n) is 10.6. The van der Waals surface area contributed by atoms with E-state index in [9.17, 15) is 4.79 Å². The molecule has 1 unspecified atom stereocenters. The summed E-state index contributed by atoms with van der Waals surface area (Å²) in [6, 6.07) is 12.3. The Kier molecular flexibility index (Phi) is 3.62. The summed E-state index contributed by atoms with van der Waals surface area (Å²) < 4.78 is 0. The summed E-state index contributed by atoms with van der Waals surface area (Å²) >= 11 is 1.50. The van der Waals surface area contributed by atoms with E-state index in [2.05, 4.69) is 10.6 Å². The summed E-state index contributed by atoms with van der Waals surface area (Å²) in [5.74, 6) is 0.0440. The second-order valence-electron chi connectivity index (χ2n) is 4.69. The number of carbonyl (C=O) groups is 1. The number of hydrogen-bond donors (Lipinski definition) is 2. The number of amides is 1. The van der Waals surface area contributed by atoms with Crippen molar-refractivity contribution in [3.63, 3.8) is 0 Å². The van der Waals surface area contributed by atoms with E-state index in [4.69, 9.17) is 0 Å². The Morgan fingerprint density at radius 3 is 2.84 bits per heavy atom. The maximum absolute atomic E-state index is 12.3. The van der Waals surface area contributed by atoms with Crippen molar-refractivity contribution in [3.8, 4) is 11.1 Å².